The van der Waals surface area contributed by atoms with E-state index in [-0.39, 0.29) is 0 Å². The van der Waals surface area contributed by atoms with Crippen LogP contribution >= 0.6 is 27.3 Å². The number of hydrogen-bond acceptors (Lipinski definition) is 3. The molecule has 1 aromatic heterocycles. The summed E-state index contributed by atoms with van der Waals surface area (Å²) in [5.41, 5.74) is 1.20. The number of aryl methyl sites for hydroxylation is 2. The first-order valence-electron chi connectivity index (χ1n) is 5.99. The first kappa shape index (κ1) is 12.4. The topological polar surface area (TPSA) is 16.1 Å². The van der Waals surface area contributed by atoms with Gasteiger partial charge in [0.1, 0.15) is 0 Å². The van der Waals surface area contributed by atoms with Crippen molar-refractivity contribution in [1.82, 2.24) is 4.98 Å². The Morgan fingerprint density at radius 3 is 2.94 bits per heavy atom. The van der Waals surface area contributed by atoms with Gasteiger partial charge in [0.15, 0.2) is 5.13 Å². The lowest BCUT2D eigenvalue weighted by molar-refractivity contribution is 0.603. The predicted octanol–water partition coefficient (Wildman–Crippen LogP) is 3.90. The van der Waals surface area contributed by atoms with Crippen molar-refractivity contribution in [3.63, 3.8) is 0 Å². The Kier molecular flexibility index (Phi) is 4.25. The van der Waals surface area contributed by atoms with E-state index in [1.165, 1.54) is 47.9 Å². The lowest BCUT2D eigenvalue weighted by Gasteiger charge is -2.23. The fourth-order valence-electron chi connectivity index (χ4n) is 2.28. The van der Waals surface area contributed by atoms with Gasteiger partial charge in [0.2, 0.25) is 0 Å². The summed E-state index contributed by atoms with van der Waals surface area (Å²) in [7, 11) is 0. The van der Waals surface area contributed by atoms with Crippen molar-refractivity contribution in [1.29, 1.82) is 0 Å². The molecule has 2 heterocycles. The third-order valence-electron chi connectivity index (χ3n) is 3.31. The van der Waals surface area contributed by atoms with E-state index in [0.717, 1.165) is 11.4 Å². The number of alkyl halides is 1. The zero-order valence-corrected chi connectivity index (χ0v) is 12.4. The number of thiazole rings is 1. The summed E-state index contributed by atoms with van der Waals surface area (Å²) < 4.78 is 0. The lowest BCUT2D eigenvalue weighted by atomic mass is 10.1. The highest BCUT2D eigenvalue weighted by Crippen LogP contribution is 2.32. The van der Waals surface area contributed by atoms with Gasteiger partial charge in [-0.2, -0.15) is 0 Å². The van der Waals surface area contributed by atoms with Gasteiger partial charge >= 0.3 is 0 Å². The second-order valence-electron chi connectivity index (χ2n) is 4.46. The Morgan fingerprint density at radius 1 is 1.50 bits per heavy atom. The summed E-state index contributed by atoms with van der Waals surface area (Å²) in [4.78, 5) is 8.57. The van der Waals surface area contributed by atoms with Gasteiger partial charge in [-0.15, -0.1) is 11.3 Å². The first-order valence-corrected chi connectivity index (χ1v) is 7.93. The third-order valence-corrected chi connectivity index (χ3v) is 4.98. The molecule has 1 aromatic rings. The van der Waals surface area contributed by atoms with Gasteiger partial charge in [-0.1, -0.05) is 15.9 Å². The van der Waals surface area contributed by atoms with Crippen molar-refractivity contribution < 1.29 is 0 Å². The Balaban J connectivity index is 2.07. The summed E-state index contributed by atoms with van der Waals surface area (Å²) in [5, 5.41) is 2.36. The molecule has 2 rings (SSSR count). The van der Waals surface area contributed by atoms with Crippen LogP contribution in [0.1, 0.15) is 36.3 Å². The summed E-state index contributed by atoms with van der Waals surface area (Å²) in [6.45, 7) is 5.47. The van der Waals surface area contributed by atoms with Crippen LogP contribution in [0.3, 0.4) is 0 Å². The summed E-state index contributed by atoms with van der Waals surface area (Å²) in [5.74, 6) is 0. The fourth-order valence-corrected chi connectivity index (χ4v) is 3.61. The van der Waals surface area contributed by atoms with Crippen molar-refractivity contribution in [2.24, 2.45) is 0 Å². The minimum absolute atomic E-state index is 0.725. The van der Waals surface area contributed by atoms with Gasteiger partial charge in [-0.05, 0) is 39.5 Å². The Labute approximate surface area is 110 Å². The molecular formula is C12H19BrN2S. The van der Waals surface area contributed by atoms with Crippen LogP contribution < -0.4 is 4.90 Å². The monoisotopic (exact) mass is 302 g/mol. The predicted molar refractivity (Wildman–Crippen MR) is 75.0 cm³/mol. The molecule has 1 fully saturated rings. The SMILES string of the molecule is Cc1nc(N2CCCC2CCCBr)sc1C. The molecule has 0 amide bonds. The van der Waals surface area contributed by atoms with Crippen LogP contribution in [0.15, 0.2) is 0 Å². The van der Waals surface area contributed by atoms with E-state index in [0.29, 0.717) is 0 Å². The van der Waals surface area contributed by atoms with E-state index in [1.807, 2.05) is 11.3 Å². The molecule has 0 N–H and O–H groups in total. The van der Waals surface area contributed by atoms with Crippen LogP contribution in [0.2, 0.25) is 0 Å². The van der Waals surface area contributed by atoms with Gasteiger partial charge in [-0.25, -0.2) is 4.98 Å². The number of halogens is 1. The van der Waals surface area contributed by atoms with E-state index in [2.05, 4.69) is 39.7 Å². The first-order chi connectivity index (χ1) is 7.72. The Hall–Kier alpha value is -0.0900. The van der Waals surface area contributed by atoms with E-state index in [9.17, 15) is 0 Å². The van der Waals surface area contributed by atoms with E-state index < -0.39 is 0 Å². The molecule has 0 saturated carbocycles. The maximum absolute atomic E-state index is 4.68. The molecule has 2 nitrogen and oxygen atoms in total. The third kappa shape index (κ3) is 2.59. The molecular weight excluding hydrogens is 284 g/mol. The van der Waals surface area contributed by atoms with Gasteiger partial charge in [0, 0.05) is 22.8 Å². The molecule has 0 aromatic carbocycles. The molecule has 4 heteroatoms. The zero-order chi connectivity index (χ0) is 11.5. The number of anilines is 1. The number of aromatic nitrogens is 1. The molecule has 0 bridgehead atoms. The smallest absolute Gasteiger partial charge is 0.186 e. The summed E-state index contributed by atoms with van der Waals surface area (Å²) >= 11 is 5.37. The highest BCUT2D eigenvalue weighted by atomic mass is 79.9. The average molecular weight is 303 g/mol. The molecule has 1 saturated heterocycles. The summed E-state index contributed by atoms with van der Waals surface area (Å²) in [6.07, 6.45) is 5.22. The number of hydrogen-bond donors (Lipinski definition) is 0. The number of nitrogens with zero attached hydrogens (tertiary/aromatic N) is 2. The van der Waals surface area contributed by atoms with Crippen molar-refractivity contribution >= 4 is 32.4 Å². The van der Waals surface area contributed by atoms with E-state index in [4.69, 9.17) is 0 Å². The van der Waals surface area contributed by atoms with Crippen molar-refractivity contribution in [2.75, 3.05) is 16.8 Å². The van der Waals surface area contributed by atoms with Crippen LogP contribution in [0.5, 0.6) is 0 Å². The highest BCUT2D eigenvalue weighted by molar-refractivity contribution is 9.09. The lowest BCUT2D eigenvalue weighted by Crippen LogP contribution is -2.29. The summed E-state index contributed by atoms with van der Waals surface area (Å²) in [6, 6.07) is 0.725. The van der Waals surface area contributed by atoms with E-state index >= 15 is 0 Å². The molecule has 0 radical (unpaired) electrons. The van der Waals surface area contributed by atoms with Crippen molar-refractivity contribution in [3.8, 4) is 0 Å². The molecule has 1 aliphatic heterocycles. The molecule has 1 aliphatic rings. The van der Waals surface area contributed by atoms with Crippen molar-refractivity contribution in [3.05, 3.63) is 10.6 Å². The van der Waals surface area contributed by atoms with Gasteiger partial charge in [0.25, 0.3) is 0 Å². The van der Waals surface area contributed by atoms with Crippen LogP contribution in [-0.4, -0.2) is 22.9 Å². The second kappa shape index (κ2) is 5.50. The van der Waals surface area contributed by atoms with Crippen LogP contribution in [0, 0.1) is 13.8 Å². The van der Waals surface area contributed by atoms with Crippen molar-refractivity contribution in [2.45, 2.75) is 45.6 Å². The molecule has 0 aliphatic carbocycles. The molecule has 16 heavy (non-hydrogen) atoms. The number of rotatable bonds is 4. The van der Waals surface area contributed by atoms with Gasteiger partial charge in [-0.3, -0.25) is 0 Å². The second-order valence-corrected chi connectivity index (χ2v) is 6.43. The minimum atomic E-state index is 0.725. The zero-order valence-electron chi connectivity index (χ0n) is 10.0. The van der Waals surface area contributed by atoms with Gasteiger partial charge in [0.05, 0.1) is 5.69 Å². The quantitative estimate of drug-likeness (QED) is 0.784. The van der Waals surface area contributed by atoms with E-state index in [1.54, 1.807) is 0 Å². The van der Waals surface area contributed by atoms with Crippen LogP contribution in [0.25, 0.3) is 0 Å². The van der Waals surface area contributed by atoms with Crippen LogP contribution in [0.4, 0.5) is 5.13 Å². The molecule has 90 valence electrons. The Morgan fingerprint density at radius 2 is 2.31 bits per heavy atom. The standard InChI is InChI=1S/C12H19BrN2S/c1-9-10(2)16-12(14-9)15-8-4-6-11(15)5-3-7-13/h11H,3-8H2,1-2H3. The maximum Gasteiger partial charge on any atom is 0.186 e. The maximum atomic E-state index is 4.68. The minimum Gasteiger partial charge on any atom is -0.345 e. The highest BCUT2D eigenvalue weighted by Gasteiger charge is 2.26. The normalized spacial score (nSPS) is 20.7. The van der Waals surface area contributed by atoms with Crippen LogP contribution in [-0.2, 0) is 0 Å². The van der Waals surface area contributed by atoms with Gasteiger partial charge < -0.3 is 4.90 Å². The molecule has 1 atom stereocenters. The average Bonchev–Trinajstić information content (AvgIpc) is 2.83. The Bertz CT molecular complexity index is 331. The molecule has 0 spiro atoms. The molecule has 1 unspecified atom stereocenters. The fraction of sp³-hybridized carbons (Fsp3) is 0.750. The largest absolute Gasteiger partial charge is 0.345 e.